The number of amides is 1. The molecule has 0 aliphatic heterocycles. The fourth-order valence-corrected chi connectivity index (χ4v) is 3.83. The van der Waals surface area contributed by atoms with Crippen LogP contribution in [0.5, 0.6) is 11.5 Å². The molecule has 0 aliphatic rings. The number of aromatic hydroxyl groups is 1. The van der Waals surface area contributed by atoms with E-state index >= 15 is 0 Å². The fraction of sp³-hybridized carbons (Fsp3) is 0.160. The molecule has 0 radical (unpaired) electrons. The van der Waals surface area contributed by atoms with Crippen molar-refractivity contribution >= 4 is 28.1 Å². The van der Waals surface area contributed by atoms with Crippen LogP contribution in [0.3, 0.4) is 0 Å². The van der Waals surface area contributed by atoms with E-state index in [-0.39, 0.29) is 27.4 Å². The Morgan fingerprint density at radius 1 is 1.11 bits per heavy atom. The second kappa shape index (κ2) is 9.85. The smallest absolute Gasteiger partial charge is 0.376 e. The number of aliphatic hydroxyl groups is 3. The number of hydrogen-bond donors (Lipinski definition) is 5. The van der Waals surface area contributed by atoms with Crippen molar-refractivity contribution in [1.29, 1.82) is 0 Å². The summed E-state index contributed by atoms with van der Waals surface area (Å²) in [5, 5.41) is 44.2. The summed E-state index contributed by atoms with van der Waals surface area (Å²) in [6.45, 7) is 1.22. The van der Waals surface area contributed by atoms with E-state index in [2.05, 4.69) is 5.10 Å². The maximum absolute atomic E-state index is 14.0. The third-order valence-corrected chi connectivity index (χ3v) is 5.45. The first kappa shape index (κ1) is 25.6. The minimum absolute atomic E-state index is 0.0622. The van der Waals surface area contributed by atoms with Gasteiger partial charge >= 0.3 is 6.10 Å². The predicted molar refractivity (Wildman–Crippen MR) is 132 cm³/mol. The first-order valence-electron chi connectivity index (χ1n) is 11.0. The number of carbonyl (C=O) groups excluding carboxylic acids is 1. The SMILES string of the molecule is CCOc1ccc2c(-c3cccc(F)c3)nn(CC(=O)N(c3ccc(N)c(O)c3)C(O)(O)O)c(=O)c2c1. The molecule has 1 heterocycles. The van der Waals surface area contributed by atoms with Gasteiger partial charge in [0.15, 0.2) is 0 Å². The number of fused-ring (bicyclic) bond motifs is 1. The van der Waals surface area contributed by atoms with E-state index in [4.69, 9.17) is 10.5 Å². The van der Waals surface area contributed by atoms with Crippen LogP contribution in [0.1, 0.15) is 6.92 Å². The van der Waals surface area contributed by atoms with Gasteiger partial charge in [-0.1, -0.05) is 12.1 Å². The number of hydrogen-bond acceptors (Lipinski definition) is 9. The molecule has 3 aromatic carbocycles. The standard InChI is InChI=1S/C25H23FN4O7/c1-2-37-17-7-8-18-19(12-17)24(33)29(28-23(18)14-4-3-5-15(26)10-14)13-22(32)30(25(34,35)36)16-6-9-20(27)21(31)11-16/h3-12,31,34-36H,2,13,27H2,1H3. The van der Waals surface area contributed by atoms with E-state index in [1.54, 1.807) is 25.1 Å². The number of aromatic nitrogens is 2. The highest BCUT2D eigenvalue weighted by Gasteiger charge is 2.36. The van der Waals surface area contributed by atoms with Gasteiger partial charge in [0.1, 0.15) is 23.9 Å². The largest absolute Gasteiger partial charge is 0.506 e. The quantitative estimate of drug-likeness (QED) is 0.140. The second-order valence-corrected chi connectivity index (χ2v) is 8.03. The molecule has 0 saturated carbocycles. The Morgan fingerprint density at radius 3 is 2.51 bits per heavy atom. The molecule has 12 heteroatoms. The number of nitrogen functional groups attached to an aromatic ring is 1. The number of rotatable bonds is 7. The molecule has 0 unspecified atom stereocenters. The monoisotopic (exact) mass is 510 g/mol. The van der Waals surface area contributed by atoms with Crippen molar-refractivity contribution in [3.05, 3.63) is 76.8 Å². The number of halogens is 1. The van der Waals surface area contributed by atoms with Crippen LogP contribution in [-0.4, -0.2) is 48.8 Å². The van der Waals surface area contributed by atoms with E-state index in [0.29, 0.717) is 23.3 Å². The average molecular weight is 510 g/mol. The first-order valence-corrected chi connectivity index (χ1v) is 11.0. The van der Waals surface area contributed by atoms with Gasteiger partial charge in [0.25, 0.3) is 11.5 Å². The average Bonchev–Trinajstić information content (AvgIpc) is 2.83. The van der Waals surface area contributed by atoms with Gasteiger partial charge in [-0.25, -0.2) is 14.0 Å². The number of nitrogens with two attached hydrogens (primary N) is 1. The van der Waals surface area contributed by atoms with Crippen molar-refractivity contribution in [3.8, 4) is 22.8 Å². The topological polar surface area (TPSA) is 171 Å². The number of anilines is 2. The zero-order valence-electron chi connectivity index (χ0n) is 19.5. The first-order chi connectivity index (χ1) is 17.5. The third kappa shape index (κ3) is 5.21. The Bertz CT molecular complexity index is 1550. The lowest BCUT2D eigenvalue weighted by molar-refractivity contribution is -0.306. The summed E-state index contributed by atoms with van der Waals surface area (Å²) >= 11 is 0. The molecular weight excluding hydrogens is 487 g/mol. The van der Waals surface area contributed by atoms with Crippen LogP contribution >= 0.6 is 0 Å². The molecule has 1 amide bonds. The molecule has 6 N–H and O–H groups in total. The van der Waals surface area contributed by atoms with Crippen molar-refractivity contribution in [3.63, 3.8) is 0 Å². The summed E-state index contributed by atoms with van der Waals surface area (Å²) in [6, 6.07) is 13.4. The van der Waals surface area contributed by atoms with Gasteiger partial charge in [-0.3, -0.25) is 9.59 Å². The van der Waals surface area contributed by atoms with Gasteiger partial charge in [0.05, 0.1) is 29.1 Å². The molecular formula is C25H23FN4O7. The van der Waals surface area contributed by atoms with E-state index in [1.165, 1.54) is 30.3 Å². The van der Waals surface area contributed by atoms with E-state index in [1.807, 2.05) is 0 Å². The molecule has 0 spiro atoms. The van der Waals surface area contributed by atoms with Crippen molar-refractivity contribution in [2.24, 2.45) is 0 Å². The van der Waals surface area contributed by atoms with Gasteiger partial charge in [0.2, 0.25) is 0 Å². The minimum Gasteiger partial charge on any atom is -0.506 e. The van der Waals surface area contributed by atoms with Crippen molar-refractivity contribution in [1.82, 2.24) is 9.78 Å². The summed E-state index contributed by atoms with van der Waals surface area (Å²) in [4.78, 5) is 26.6. The highest BCUT2D eigenvalue weighted by Crippen LogP contribution is 2.30. The zero-order valence-corrected chi connectivity index (χ0v) is 19.5. The zero-order chi connectivity index (χ0) is 26.9. The molecule has 192 valence electrons. The summed E-state index contributed by atoms with van der Waals surface area (Å²) in [5.74, 6) is -1.85. The Morgan fingerprint density at radius 2 is 1.86 bits per heavy atom. The molecule has 4 aromatic rings. The highest BCUT2D eigenvalue weighted by atomic mass is 19.1. The number of phenols is 1. The number of benzene rings is 3. The number of nitrogens with zero attached hydrogens (tertiary/aromatic N) is 3. The summed E-state index contributed by atoms with van der Waals surface area (Å²) in [6.07, 6.45) is -3.70. The minimum atomic E-state index is -3.70. The van der Waals surface area contributed by atoms with Crippen LogP contribution in [-0.2, 0) is 11.3 Å². The van der Waals surface area contributed by atoms with Gasteiger partial charge in [-0.15, -0.1) is 0 Å². The van der Waals surface area contributed by atoms with Crippen LogP contribution in [0.4, 0.5) is 15.8 Å². The van der Waals surface area contributed by atoms with Gasteiger partial charge in [-0.05, 0) is 49.4 Å². The lowest BCUT2D eigenvalue weighted by Gasteiger charge is -2.30. The van der Waals surface area contributed by atoms with Crippen molar-refractivity contribution < 1.29 is 34.3 Å². The fourth-order valence-electron chi connectivity index (χ4n) is 3.83. The van der Waals surface area contributed by atoms with Crippen LogP contribution in [0.25, 0.3) is 22.0 Å². The highest BCUT2D eigenvalue weighted by molar-refractivity contribution is 5.96. The van der Waals surface area contributed by atoms with Gasteiger partial charge in [0, 0.05) is 17.0 Å². The van der Waals surface area contributed by atoms with Gasteiger partial charge in [-0.2, -0.15) is 5.10 Å². The Hall–Kier alpha value is -4.52. The molecule has 4 rings (SSSR count). The summed E-state index contributed by atoms with van der Waals surface area (Å²) < 4.78 is 20.2. The molecule has 1 aromatic heterocycles. The normalized spacial score (nSPS) is 11.5. The lowest BCUT2D eigenvalue weighted by atomic mass is 10.0. The lowest BCUT2D eigenvalue weighted by Crippen LogP contribution is -2.54. The maximum atomic E-state index is 14.0. The van der Waals surface area contributed by atoms with Crippen molar-refractivity contribution in [2.75, 3.05) is 17.2 Å². The summed E-state index contributed by atoms with van der Waals surface area (Å²) in [7, 11) is 0. The number of phenolic OH excluding ortho intramolecular Hbond substituents is 1. The van der Waals surface area contributed by atoms with E-state index < -0.39 is 35.7 Å². The van der Waals surface area contributed by atoms with Crippen LogP contribution in [0, 0.1) is 5.82 Å². The Balaban J connectivity index is 1.87. The number of carbonyl (C=O) groups is 1. The van der Waals surface area contributed by atoms with Crippen LogP contribution in [0.2, 0.25) is 0 Å². The van der Waals surface area contributed by atoms with E-state index in [0.717, 1.165) is 16.8 Å². The number of ether oxygens (including phenoxy) is 1. The van der Waals surface area contributed by atoms with Gasteiger partial charge < -0.3 is 30.9 Å². The maximum Gasteiger partial charge on any atom is 0.376 e. The Labute approximate surface area is 209 Å². The summed E-state index contributed by atoms with van der Waals surface area (Å²) in [5.41, 5.74) is 4.92. The second-order valence-electron chi connectivity index (χ2n) is 8.03. The predicted octanol–water partition coefficient (Wildman–Crippen LogP) is 1.51. The van der Waals surface area contributed by atoms with Crippen LogP contribution < -0.4 is 20.9 Å². The molecule has 11 nitrogen and oxygen atoms in total. The van der Waals surface area contributed by atoms with E-state index in [9.17, 15) is 34.4 Å². The molecule has 0 aliphatic carbocycles. The molecule has 0 saturated heterocycles. The molecule has 0 fully saturated rings. The van der Waals surface area contributed by atoms with Crippen molar-refractivity contribution in [2.45, 2.75) is 19.6 Å². The third-order valence-electron chi connectivity index (χ3n) is 5.45. The molecule has 0 atom stereocenters. The molecule has 0 bridgehead atoms. The van der Waals surface area contributed by atoms with Crippen LogP contribution in [0.15, 0.2) is 65.5 Å². The Kier molecular flexibility index (Phi) is 6.81. The molecule has 37 heavy (non-hydrogen) atoms.